The molecule has 0 spiro atoms. The van der Waals surface area contributed by atoms with E-state index in [0.717, 1.165) is 12.8 Å². The van der Waals surface area contributed by atoms with Gasteiger partial charge in [0.2, 0.25) is 15.9 Å². The van der Waals surface area contributed by atoms with Crippen LogP contribution < -0.4 is 0 Å². The molecular weight excluding hydrogens is 380 g/mol. The van der Waals surface area contributed by atoms with Gasteiger partial charge in [-0.05, 0) is 40.5 Å². The molecule has 1 amide bonds. The third kappa shape index (κ3) is 4.26. The van der Waals surface area contributed by atoms with Gasteiger partial charge >= 0.3 is 0 Å². The maximum Gasteiger partial charge on any atom is 0.248 e. The summed E-state index contributed by atoms with van der Waals surface area (Å²) in [6.45, 7) is 9.35. The molecule has 2 fully saturated rings. The van der Waals surface area contributed by atoms with Crippen LogP contribution in [0, 0.1) is 13.8 Å². The second-order valence-corrected chi connectivity index (χ2v) is 10.0. The first-order chi connectivity index (χ1) is 13.2. The van der Waals surface area contributed by atoms with Crippen molar-refractivity contribution in [3.63, 3.8) is 0 Å². The zero-order valence-electron chi connectivity index (χ0n) is 17.3. The van der Waals surface area contributed by atoms with Gasteiger partial charge < -0.3 is 9.42 Å². The van der Waals surface area contributed by atoms with Gasteiger partial charge in [-0.3, -0.25) is 9.69 Å². The summed E-state index contributed by atoms with van der Waals surface area (Å²) >= 11 is 0. The highest BCUT2D eigenvalue weighted by Crippen LogP contribution is 2.26. The minimum absolute atomic E-state index is 0.0926. The second-order valence-electron chi connectivity index (χ2n) is 8.14. The molecule has 0 radical (unpaired) electrons. The smallest absolute Gasteiger partial charge is 0.248 e. The van der Waals surface area contributed by atoms with E-state index >= 15 is 0 Å². The lowest BCUT2D eigenvalue weighted by atomic mass is 10.1. The Morgan fingerprint density at radius 2 is 1.79 bits per heavy atom. The Hall–Kier alpha value is -1.45. The number of carbonyl (C=O) groups excluding carboxylic acids is 1. The fourth-order valence-electron chi connectivity index (χ4n) is 4.38. The number of carbonyl (C=O) groups is 1. The molecule has 28 heavy (non-hydrogen) atoms. The molecule has 9 heteroatoms. The first-order valence-electron chi connectivity index (χ1n) is 10.2. The summed E-state index contributed by atoms with van der Waals surface area (Å²) in [5, 5.41) is 3.76. The lowest BCUT2D eigenvalue weighted by molar-refractivity contribution is -0.134. The van der Waals surface area contributed by atoms with Gasteiger partial charge in [0.15, 0.2) is 5.76 Å². The third-order valence-corrected chi connectivity index (χ3v) is 8.08. The summed E-state index contributed by atoms with van der Waals surface area (Å²) in [5.74, 6) is 0.398. The summed E-state index contributed by atoms with van der Waals surface area (Å²) in [5.41, 5.74) is 0.375. The van der Waals surface area contributed by atoms with Crippen molar-refractivity contribution < 1.29 is 17.7 Å². The van der Waals surface area contributed by atoms with Crippen molar-refractivity contribution in [1.29, 1.82) is 0 Å². The van der Waals surface area contributed by atoms with Gasteiger partial charge in [0.05, 0.1) is 6.54 Å². The average molecular weight is 413 g/mol. The summed E-state index contributed by atoms with van der Waals surface area (Å²) < 4.78 is 32.3. The molecular formula is C19H32N4O4S. The first kappa shape index (κ1) is 21.3. The van der Waals surface area contributed by atoms with E-state index in [9.17, 15) is 13.2 Å². The minimum Gasteiger partial charge on any atom is -0.360 e. The van der Waals surface area contributed by atoms with Crippen molar-refractivity contribution >= 4 is 15.9 Å². The first-order valence-corrected chi connectivity index (χ1v) is 11.6. The standard InChI is InChI=1S/C19H32N4O4S/c1-14(2)23(17-7-5-6-8-17)13-18(24)21-9-11-22(12-10-21)28(25,26)19-15(3)20-27-16(19)4/h14,17H,5-13H2,1-4H3. The molecule has 158 valence electrons. The van der Waals surface area contributed by atoms with Crippen LogP contribution in [0.2, 0.25) is 0 Å². The molecule has 1 aromatic heterocycles. The van der Waals surface area contributed by atoms with Crippen LogP contribution in [0.1, 0.15) is 51.0 Å². The number of aromatic nitrogens is 1. The Balaban J connectivity index is 1.61. The molecule has 1 aromatic rings. The summed E-state index contributed by atoms with van der Waals surface area (Å²) in [7, 11) is -3.65. The number of aryl methyl sites for hydroxylation is 2. The van der Waals surface area contributed by atoms with Crippen LogP contribution in [-0.4, -0.2) is 78.4 Å². The molecule has 3 rings (SSSR count). The van der Waals surface area contributed by atoms with E-state index in [1.165, 1.54) is 17.1 Å². The molecule has 0 bridgehead atoms. The highest BCUT2D eigenvalue weighted by atomic mass is 32.2. The van der Waals surface area contributed by atoms with Crippen molar-refractivity contribution in [2.45, 2.75) is 70.4 Å². The Labute approximate surface area is 167 Å². The predicted molar refractivity (Wildman–Crippen MR) is 105 cm³/mol. The van der Waals surface area contributed by atoms with Crippen LogP contribution in [0.3, 0.4) is 0 Å². The number of piperazine rings is 1. The number of rotatable bonds is 6. The molecule has 0 aromatic carbocycles. The Morgan fingerprint density at radius 3 is 2.29 bits per heavy atom. The summed E-state index contributed by atoms with van der Waals surface area (Å²) in [6, 6.07) is 0.818. The topological polar surface area (TPSA) is 87.0 Å². The molecule has 0 atom stereocenters. The molecule has 8 nitrogen and oxygen atoms in total. The highest BCUT2D eigenvalue weighted by molar-refractivity contribution is 7.89. The normalized spacial score (nSPS) is 19.9. The molecule has 1 saturated carbocycles. The zero-order chi connectivity index (χ0) is 20.5. The highest BCUT2D eigenvalue weighted by Gasteiger charge is 2.35. The molecule has 1 aliphatic carbocycles. The maximum atomic E-state index is 12.9. The van der Waals surface area contributed by atoms with Gasteiger partial charge in [-0.25, -0.2) is 8.42 Å². The van der Waals surface area contributed by atoms with Gasteiger partial charge in [-0.2, -0.15) is 4.31 Å². The zero-order valence-corrected chi connectivity index (χ0v) is 18.2. The van der Waals surface area contributed by atoms with Crippen LogP contribution in [0.25, 0.3) is 0 Å². The Bertz CT molecular complexity index is 771. The van der Waals surface area contributed by atoms with Crippen molar-refractivity contribution in [3.05, 3.63) is 11.5 Å². The predicted octanol–water partition coefficient (Wildman–Crippen LogP) is 1.78. The van der Waals surface area contributed by atoms with E-state index in [4.69, 9.17) is 4.52 Å². The van der Waals surface area contributed by atoms with Crippen molar-refractivity contribution in [2.75, 3.05) is 32.7 Å². The second kappa shape index (κ2) is 8.51. The van der Waals surface area contributed by atoms with Crippen LogP contribution >= 0.6 is 0 Å². The monoisotopic (exact) mass is 412 g/mol. The third-order valence-electron chi connectivity index (χ3n) is 5.93. The summed E-state index contributed by atoms with van der Waals surface area (Å²) in [4.78, 5) is 17.1. The van der Waals surface area contributed by atoms with Gasteiger partial charge in [0.1, 0.15) is 10.6 Å². The molecule has 2 aliphatic rings. The number of sulfonamides is 1. The molecule has 0 unspecified atom stereocenters. The number of hydrogen-bond donors (Lipinski definition) is 0. The fraction of sp³-hybridized carbons (Fsp3) is 0.789. The van der Waals surface area contributed by atoms with Crippen LogP contribution in [-0.2, 0) is 14.8 Å². The Kier molecular flexibility index (Phi) is 6.46. The quantitative estimate of drug-likeness (QED) is 0.708. The average Bonchev–Trinajstić information content (AvgIpc) is 3.29. The van der Waals surface area contributed by atoms with Crippen LogP contribution in [0.4, 0.5) is 0 Å². The number of nitrogens with zero attached hydrogens (tertiary/aromatic N) is 4. The molecule has 2 heterocycles. The van der Waals surface area contributed by atoms with Gasteiger partial charge in [0, 0.05) is 38.3 Å². The largest absolute Gasteiger partial charge is 0.360 e. The van der Waals surface area contributed by atoms with Crippen molar-refractivity contribution in [1.82, 2.24) is 19.3 Å². The fourth-order valence-corrected chi connectivity index (χ4v) is 6.09. The van der Waals surface area contributed by atoms with E-state index < -0.39 is 10.0 Å². The van der Waals surface area contributed by atoms with Crippen LogP contribution in [0.5, 0.6) is 0 Å². The molecule has 1 aliphatic heterocycles. The number of amides is 1. The lowest BCUT2D eigenvalue weighted by Gasteiger charge is -2.37. The maximum absolute atomic E-state index is 12.9. The van der Waals surface area contributed by atoms with E-state index in [0.29, 0.717) is 56.3 Å². The van der Waals surface area contributed by atoms with E-state index in [1.807, 2.05) is 0 Å². The molecule has 1 saturated heterocycles. The summed E-state index contributed by atoms with van der Waals surface area (Å²) in [6.07, 6.45) is 4.80. The Morgan fingerprint density at radius 1 is 1.18 bits per heavy atom. The van der Waals surface area contributed by atoms with Crippen LogP contribution in [0.15, 0.2) is 9.42 Å². The van der Waals surface area contributed by atoms with Gasteiger partial charge in [-0.1, -0.05) is 18.0 Å². The lowest BCUT2D eigenvalue weighted by Crippen LogP contribution is -2.54. The van der Waals surface area contributed by atoms with E-state index in [2.05, 4.69) is 23.9 Å². The van der Waals surface area contributed by atoms with E-state index in [-0.39, 0.29) is 10.8 Å². The van der Waals surface area contributed by atoms with Crippen molar-refractivity contribution in [2.24, 2.45) is 0 Å². The minimum atomic E-state index is -3.65. The van der Waals surface area contributed by atoms with Gasteiger partial charge in [0.25, 0.3) is 0 Å². The van der Waals surface area contributed by atoms with Crippen molar-refractivity contribution in [3.8, 4) is 0 Å². The number of hydrogen-bond acceptors (Lipinski definition) is 6. The van der Waals surface area contributed by atoms with E-state index in [1.54, 1.807) is 18.7 Å². The SMILES string of the molecule is Cc1noc(C)c1S(=O)(=O)N1CCN(C(=O)CN(C(C)C)C2CCCC2)CC1. The van der Waals surface area contributed by atoms with Gasteiger partial charge in [-0.15, -0.1) is 0 Å². The molecule has 0 N–H and O–H groups in total.